The van der Waals surface area contributed by atoms with Gasteiger partial charge in [-0.25, -0.2) is 0 Å². The van der Waals surface area contributed by atoms with Gasteiger partial charge in [-0.2, -0.15) is 0 Å². The minimum Gasteiger partial charge on any atom is -0.481 e. The summed E-state index contributed by atoms with van der Waals surface area (Å²) in [5, 5.41) is 3.84. The molecule has 1 aromatic rings. The summed E-state index contributed by atoms with van der Waals surface area (Å²) in [6.45, 7) is 6.11. The van der Waals surface area contributed by atoms with E-state index in [4.69, 9.17) is 28.6 Å². The second-order valence-electron chi connectivity index (χ2n) is 4.14. The van der Waals surface area contributed by atoms with Crippen LogP contribution in [-0.4, -0.2) is 23.7 Å². The van der Waals surface area contributed by atoms with E-state index in [0.29, 0.717) is 22.4 Å². The predicted molar refractivity (Wildman–Crippen MR) is 83.8 cm³/mol. The lowest BCUT2D eigenvalue weighted by Crippen LogP contribution is -2.50. The Morgan fingerprint density at radius 1 is 1.45 bits per heavy atom. The maximum absolute atomic E-state index is 11.8. The molecule has 0 aromatic heterocycles. The van der Waals surface area contributed by atoms with E-state index in [1.807, 2.05) is 13.8 Å². The lowest BCUT2D eigenvalue weighted by atomic mass is 10.2. The van der Waals surface area contributed by atoms with Crippen molar-refractivity contribution in [3.8, 4) is 5.75 Å². The number of halogens is 1. The summed E-state index contributed by atoms with van der Waals surface area (Å²) >= 11 is 10.8. The van der Waals surface area contributed by atoms with Crippen molar-refractivity contribution in [1.29, 1.82) is 0 Å². The fourth-order valence-corrected chi connectivity index (χ4v) is 1.84. The number of hydrazine groups is 1. The number of hydrogen-bond donors (Lipinski definition) is 3. The summed E-state index contributed by atoms with van der Waals surface area (Å²) in [5.74, 6) is 0.297. The van der Waals surface area contributed by atoms with E-state index in [1.54, 1.807) is 25.1 Å². The van der Waals surface area contributed by atoms with Crippen molar-refractivity contribution in [3.05, 3.63) is 28.8 Å². The summed E-state index contributed by atoms with van der Waals surface area (Å²) in [7, 11) is 0. The summed E-state index contributed by atoms with van der Waals surface area (Å²) in [4.78, 5) is 11.8. The highest BCUT2D eigenvalue weighted by Crippen LogP contribution is 2.22. The number of rotatable bonds is 4. The van der Waals surface area contributed by atoms with Gasteiger partial charge in [-0.1, -0.05) is 11.6 Å². The zero-order valence-corrected chi connectivity index (χ0v) is 13.2. The van der Waals surface area contributed by atoms with Gasteiger partial charge in [0.25, 0.3) is 5.91 Å². The number of nitrogens with one attached hydrogen (secondary N) is 3. The number of amides is 1. The van der Waals surface area contributed by atoms with Gasteiger partial charge in [0.2, 0.25) is 0 Å². The van der Waals surface area contributed by atoms with Crippen molar-refractivity contribution in [3.63, 3.8) is 0 Å². The van der Waals surface area contributed by atoms with E-state index in [1.165, 1.54) is 0 Å². The molecule has 0 bridgehead atoms. The first-order valence-corrected chi connectivity index (χ1v) is 6.99. The number of benzene rings is 1. The molecule has 0 aliphatic carbocycles. The topological polar surface area (TPSA) is 62.4 Å². The Bertz CT molecular complexity index is 497. The van der Waals surface area contributed by atoms with Crippen molar-refractivity contribution >= 4 is 34.8 Å². The van der Waals surface area contributed by atoms with Gasteiger partial charge in [-0.05, 0) is 56.8 Å². The minimum absolute atomic E-state index is 0.320. The van der Waals surface area contributed by atoms with Gasteiger partial charge in [0.05, 0.1) is 0 Å². The smallest absolute Gasteiger partial charge is 0.279 e. The Morgan fingerprint density at radius 3 is 2.75 bits per heavy atom. The molecule has 110 valence electrons. The van der Waals surface area contributed by atoms with Crippen LogP contribution in [-0.2, 0) is 4.79 Å². The minimum atomic E-state index is -0.660. The third kappa shape index (κ3) is 5.22. The summed E-state index contributed by atoms with van der Waals surface area (Å²) in [6.07, 6.45) is -0.660. The molecule has 5 nitrogen and oxygen atoms in total. The second kappa shape index (κ2) is 7.91. The summed E-state index contributed by atoms with van der Waals surface area (Å²) in [6, 6.07) is 5.23. The van der Waals surface area contributed by atoms with Crippen LogP contribution in [0, 0.1) is 6.92 Å². The average Bonchev–Trinajstić information content (AvgIpc) is 2.39. The fraction of sp³-hybridized carbons (Fsp3) is 0.385. The molecule has 0 saturated heterocycles. The van der Waals surface area contributed by atoms with E-state index in [0.717, 1.165) is 5.56 Å². The number of hydrogen-bond acceptors (Lipinski definition) is 3. The van der Waals surface area contributed by atoms with Crippen molar-refractivity contribution in [2.45, 2.75) is 26.9 Å². The van der Waals surface area contributed by atoms with Crippen LogP contribution < -0.4 is 20.9 Å². The average molecular weight is 316 g/mol. The van der Waals surface area contributed by atoms with Crippen LogP contribution in [0.2, 0.25) is 5.02 Å². The van der Waals surface area contributed by atoms with E-state index in [9.17, 15) is 4.79 Å². The molecule has 0 fully saturated rings. The Balaban J connectivity index is 2.51. The van der Waals surface area contributed by atoms with Gasteiger partial charge in [0.1, 0.15) is 5.75 Å². The lowest BCUT2D eigenvalue weighted by molar-refractivity contribution is -0.127. The van der Waals surface area contributed by atoms with Gasteiger partial charge >= 0.3 is 0 Å². The van der Waals surface area contributed by atoms with Crippen LogP contribution in [0.5, 0.6) is 5.75 Å². The molecule has 1 aromatic carbocycles. The van der Waals surface area contributed by atoms with Crippen LogP contribution in [0.25, 0.3) is 0 Å². The highest BCUT2D eigenvalue weighted by atomic mass is 35.5. The predicted octanol–water partition coefficient (Wildman–Crippen LogP) is 1.93. The van der Waals surface area contributed by atoms with Crippen LogP contribution in [0.1, 0.15) is 19.4 Å². The quantitative estimate of drug-likeness (QED) is 0.585. The Hall–Kier alpha value is -1.53. The van der Waals surface area contributed by atoms with Gasteiger partial charge < -0.3 is 10.1 Å². The van der Waals surface area contributed by atoms with E-state index >= 15 is 0 Å². The van der Waals surface area contributed by atoms with Gasteiger partial charge in [0.15, 0.2) is 11.2 Å². The first kappa shape index (κ1) is 16.5. The number of ether oxygens (including phenoxy) is 1. The SMILES string of the molecule is CCNC(=S)NNC(=O)C(C)Oc1ccc(Cl)cc1C. The second-order valence-corrected chi connectivity index (χ2v) is 4.99. The maximum atomic E-state index is 11.8. The first-order chi connectivity index (χ1) is 9.43. The molecule has 3 N–H and O–H groups in total. The van der Waals surface area contributed by atoms with Crippen molar-refractivity contribution in [2.75, 3.05) is 6.54 Å². The van der Waals surface area contributed by atoms with Gasteiger partial charge in [-0.15, -0.1) is 0 Å². The zero-order valence-electron chi connectivity index (χ0n) is 11.6. The van der Waals surface area contributed by atoms with Gasteiger partial charge in [-0.3, -0.25) is 15.6 Å². The number of carbonyl (C=O) groups is 1. The van der Waals surface area contributed by atoms with E-state index in [-0.39, 0.29) is 5.91 Å². The largest absolute Gasteiger partial charge is 0.481 e. The molecule has 0 aliphatic rings. The molecule has 0 spiro atoms. The third-order valence-corrected chi connectivity index (χ3v) is 2.93. The Morgan fingerprint density at radius 2 is 2.15 bits per heavy atom. The summed E-state index contributed by atoms with van der Waals surface area (Å²) < 4.78 is 5.58. The van der Waals surface area contributed by atoms with Crippen LogP contribution in [0.15, 0.2) is 18.2 Å². The normalized spacial score (nSPS) is 11.4. The molecule has 0 aliphatic heterocycles. The molecule has 0 radical (unpaired) electrons. The highest BCUT2D eigenvalue weighted by molar-refractivity contribution is 7.80. The molecule has 0 saturated carbocycles. The number of thiocarbonyl (C=S) groups is 1. The molecule has 0 heterocycles. The molecule has 1 unspecified atom stereocenters. The lowest BCUT2D eigenvalue weighted by Gasteiger charge is -2.17. The molecular formula is C13H18ClN3O2S. The van der Waals surface area contributed by atoms with Crippen molar-refractivity contribution < 1.29 is 9.53 Å². The highest BCUT2D eigenvalue weighted by Gasteiger charge is 2.15. The molecule has 20 heavy (non-hydrogen) atoms. The fourth-order valence-electron chi connectivity index (χ4n) is 1.41. The Kier molecular flexibility index (Phi) is 6.54. The number of carbonyl (C=O) groups excluding carboxylic acids is 1. The first-order valence-electron chi connectivity index (χ1n) is 6.20. The maximum Gasteiger partial charge on any atom is 0.279 e. The molecule has 1 rings (SSSR count). The number of aryl methyl sites for hydroxylation is 1. The van der Waals surface area contributed by atoms with Crippen LogP contribution in [0.3, 0.4) is 0 Å². The standard InChI is InChI=1S/C13H18ClN3O2S/c1-4-15-13(20)17-16-12(18)9(3)19-11-6-5-10(14)7-8(11)2/h5-7,9H,4H2,1-3H3,(H,16,18)(H2,15,17,20). The molecule has 1 amide bonds. The van der Waals surface area contributed by atoms with Crippen LogP contribution >= 0.6 is 23.8 Å². The zero-order chi connectivity index (χ0) is 15.1. The molecule has 7 heteroatoms. The molecule has 1 atom stereocenters. The Labute approximate surface area is 129 Å². The van der Waals surface area contributed by atoms with E-state index in [2.05, 4.69) is 16.2 Å². The summed E-state index contributed by atoms with van der Waals surface area (Å²) in [5.41, 5.74) is 5.94. The van der Waals surface area contributed by atoms with Gasteiger partial charge in [0, 0.05) is 11.6 Å². The monoisotopic (exact) mass is 315 g/mol. The third-order valence-electron chi connectivity index (χ3n) is 2.45. The van der Waals surface area contributed by atoms with Crippen molar-refractivity contribution in [2.24, 2.45) is 0 Å². The van der Waals surface area contributed by atoms with Crippen LogP contribution in [0.4, 0.5) is 0 Å². The van der Waals surface area contributed by atoms with Crippen molar-refractivity contribution in [1.82, 2.24) is 16.2 Å². The molecular weight excluding hydrogens is 298 g/mol. The van der Waals surface area contributed by atoms with E-state index < -0.39 is 6.10 Å².